The lowest BCUT2D eigenvalue weighted by molar-refractivity contribution is 0.234. The predicted molar refractivity (Wildman–Crippen MR) is 90.9 cm³/mol. The predicted octanol–water partition coefficient (Wildman–Crippen LogP) is 0.989. The molecule has 2 rings (SSSR count). The van der Waals surface area contributed by atoms with Crippen molar-refractivity contribution in [2.75, 3.05) is 24.7 Å². The highest BCUT2D eigenvalue weighted by molar-refractivity contribution is 9.10. The third kappa shape index (κ3) is 5.19. The molecule has 0 aliphatic rings. The maximum atomic E-state index is 13.3. The molecule has 0 bridgehead atoms. The second kappa shape index (κ2) is 8.33. The van der Waals surface area contributed by atoms with Gasteiger partial charge in [-0.05, 0) is 51.5 Å². The zero-order chi connectivity index (χ0) is 18.4. The first-order chi connectivity index (χ1) is 11.9. The Bertz CT molecular complexity index is 872. The van der Waals surface area contributed by atoms with E-state index in [9.17, 15) is 18.0 Å². The smallest absolute Gasteiger partial charge is 0.213 e. The van der Waals surface area contributed by atoms with Crippen molar-refractivity contribution in [2.24, 2.45) is 4.99 Å². The first kappa shape index (κ1) is 19.2. The lowest BCUT2D eigenvalue weighted by Gasteiger charge is -2.06. The SMILES string of the molecule is CNS(=O)(=O)CCNc1nonc1C(=Nc1ccc(F)c(Br)c1)NO. The Morgan fingerprint density at radius 1 is 1.44 bits per heavy atom. The summed E-state index contributed by atoms with van der Waals surface area (Å²) < 4.78 is 43.0. The molecule has 136 valence electrons. The van der Waals surface area contributed by atoms with Crippen LogP contribution in [0.25, 0.3) is 0 Å². The summed E-state index contributed by atoms with van der Waals surface area (Å²) in [5, 5.41) is 19.2. The van der Waals surface area contributed by atoms with Crippen LogP contribution in [0.5, 0.6) is 0 Å². The summed E-state index contributed by atoms with van der Waals surface area (Å²) >= 11 is 3.03. The minimum Gasteiger partial charge on any atom is -0.364 e. The van der Waals surface area contributed by atoms with E-state index in [-0.39, 0.29) is 34.1 Å². The number of aromatic nitrogens is 2. The standard InChI is InChI=1S/C12H14BrFN6O4S/c1-15-25(22,23)5-4-16-11-10(19-24-20-11)12(18-21)17-7-2-3-9(14)8(13)6-7/h2-3,6,15,21H,4-5H2,1H3,(H,16,20)(H,17,18). The van der Waals surface area contributed by atoms with E-state index in [0.29, 0.717) is 5.69 Å². The number of rotatable bonds is 7. The fraction of sp³-hybridized carbons (Fsp3) is 0.250. The van der Waals surface area contributed by atoms with Crippen molar-refractivity contribution in [1.82, 2.24) is 20.5 Å². The van der Waals surface area contributed by atoms with Gasteiger partial charge >= 0.3 is 0 Å². The number of hydrogen-bond donors (Lipinski definition) is 4. The molecule has 0 unspecified atom stereocenters. The molecular weight excluding hydrogens is 423 g/mol. The van der Waals surface area contributed by atoms with Gasteiger partial charge in [-0.25, -0.2) is 27.2 Å². The summed E-state index contributed by atoms with van der Waals surface area (Å²) in [6.45, 7) is 0.0190. The quantitative estimate of drug-likeness (QED) is 0.286. The summed E-state index contributed by atoms with van der Waals surface area (Å²) in [4.78, 5) is 4.08. The van der Waals surface area contributed by atoms with Crippen LogP contribution in [-0.2, 0) is 10.0 Å². The molecule has 1 aromatic heterocycles. The average Bonchev–Trinajstić information content (AvgIpc) is 3.04. The van der Waals surface area contributed by atoms with E-state index in [1.807, 2.05) is 5.48 Å². The van der Waals surface area contributed by atoms with Gasteiger partial charge < -0.3 is 5.32 Å². The zero-order valence-electron chi connectivity index (χ0n) is 12.8. The van der Waals surface area contributed by atoms with Gasteiger partial charge in [0.25, 0.3) is 0 Å². The highest BCUT2D eigenvalue weighted by atomic mass is 79.9. The Hall–Kier alpha value is -2.09. The molecule has 0 amide bonds. The van der Waals surface area contributed by atoms with Crippen molar-refractivity contribution in [3.05, 3.63) is 34.2 Å². The van der Waals surface area contributed by atoms with Gasteiger partial charge in [0.15, 0.2) is 11.5 Å². The fourth-order valence-electron chi connectivity index (χ4n) is 1.68. The molecule has 2 aromatic rings. The molecule has 0 radical (unpaired) electrons. The molecule has 10 nitrogen and oxygen atoms in total. The largest absolute Gasteiger partial charge is 0.364 e. The van der Waals surface area contributed by atoms with Crippen LogP contribution in [0.4, 0.5) is 15.9 Å². The van der Waals surface area contributed by atoms with Gasteiger partial charge in [-0.3, -0.25) is 10.7 Å². The van der Waals surface area contributed by atoms with E-state index >= 15 is 0 Å². The molecule has 0 atom stereocenters. The van der Waals surface area contributed by atoms with Crippen molar-refractivity contribution < 1.29 is 22.6 Å². The lowest BCUT2D eigenvalue weighted by atomic mass is 10.3. The Balaban J connectivity index is 2.20. The molecule has 0 spiro atoms. The first-order valence-corrected chi connectivity index (χ1v) is 9.22. The average molecular weight is 437 g/mol. The summed E-state index contributed by atoms with van der Waals surface area (Å²) in [6.07, 6.45) is 0. The molecule has 0 saturated carbocycles. The number of aliphatic imine (C=N–C) groups is 1. The molecule has 25 heavy (non-hydrogen) atoms. The van der Waals surface area contributed by atoms with Gasteiger partial charge in [0.1, 0.15) is 5.82 Å². The Kier molecular flexibility index (Phi) is 6.41. The minimum atomic E-state index is -3.40. The molecule has 1 heterocycles. The lowest BCUT2D eigenvalue weighted by Crippen LogP contribution is -2.27. The van der Waals surface area contributed by atoms with Crippen molar-refractivity contribution in [2.45, 2.75) is 0 Å². The third-order valence-corrected chi connectivity index (χ3v) is 4.91. The second-order valence-electron chi connectivity index (χ2n) is 4.58. The highest BCUT2D eigenvalue weighted by Crippen LogP contribution is 2.23. The van der Waals surface area contributed by atoms with Gasteiger partial charge in [0, 0.05) is 6.54 Å². The number of nitrogens with zero attached hydrogens (tertiary/aromatic N) is 3. The Morgan fingerprint density at radius 3 is 2.84 bits per heavy atom. The van der Waals surface area contributed by atoms with Crippen LogP contribution < -0.4 is 15.5 Å². The molecule has 0 saturated heterocycles. The van der Waals surface area contributed by atoms with Gasteiger partial charge in [-0.15, -0.1) is 0 Å². The number of halogens is 2. The van der Waals surface area contributed by atoms with Crippen molar-refractivity contribution in [3.8, 4) is 0 Å². The number of amidine groups is 1. The summed E-state index contributed by atoms with van der Waals surface area (Å²) in [5.41, 5.74) is 2.19. The van der Waals surface area contributed by atoms with E-state index in [0.717, 1.165) is 0 Å². The zero-order valence-corrected chi connectivity index (χ0v) is 15.2. The van der Waals surface area contributed by atoms with E-state index < -0.39 is 15.8 Å². The van der Waals surface area contributed by atoms with Crippen LogP contribution in [0.15, 0.2) is 32.3 Å². The molecule has 0 aliphatic heterocycles. The van der Waals surface area contributed by atoms with Crippen LogP contribution in [0.3, 0.4) is 0 Å². The summed E-state index contributed by atoms with van der Waals surface area (Å²) in [6, 6.07) is 3.98. The molecule has 4 N–H and O–H groups in total. The number of anilines is 1. The van der Waals surface area contributed by atoms with Crippen LogP contribution in [0.2, 0.25) is 0 Å². The minimum absolute atomic E-state index is 0.0183. The molecular formula is C12H14BrFN6O4S. The highest BCUT2D eigenvalue weighted by Gasteiger charge is 2.17. The monoisotopic (exact) mass is 436 g/mol. The van der Waals surface area contributed by atoms with Crippen molar-refractivity contribution in [3.63, 3.8) is 0 Å². The number of hydroxylamine groups is 1. The molecule has 0 aliphatic carbocycles. The number of nitrogens with one attached hydrogen (secondary N) is 3. The molecule has 0 fully saturated rings. The van der Waals surface area contributed by atoms with Crippen molar-refractivity contribution in [1.29, 1.82) is 0 Å². The fourth-order valence-corrected chi connectivity index (χ4v) is 2.62. The van der Waals surface area contributed by atoms with E-state index in [2.05, 4.69) is 45.9 Å². The van der Waals surface area contributed by atoms with Gasteiger partial charge in [0.2, 0.25) is 15.8 Å². The van der Waals surface area contributed by atoms with E-state index in [1.54, 1.807) is 0 Å². The van der Waals surface area contributed by atoms with Crippen LogP contribution in [0.1, 0.15) is 5.69 Å². The molecule has 1 aromatic carbocycles. The first-order valence-electron chi connectivity index (χ1n) is 6.78. The maximum Gasteiger partial charge on any atom is 0.213 e. The topological polar surface area (TPSA) is 142 Å². The second-order valence-corrected chi connectivity index (χ2v) is 7.48. The van der Waals surface area contributed by atoms with E-state index in [4.69, 9.17) is 0 Å². The van der Waals surface area contributed by atoms with E-state index in [1.165, 1.54) is 25.2 Å². The molecule has 13 heteroatoms. The van der Waals surface area contributed by atoms with Gasteiger partial charge in [-0.2, -0.15) is 0 Å². The Labute approximate surface area is 150 Å². The van der Waals surface area contributed by atoms with Crippen LogP contribution in [-0.4, -0.2) is 49.1 Å². The number of benzene rings is 1. The summed E-state index contributed by atoms with van der Waals surface area (Å²) in [5.74, 6) is -0.722. The van der Waals surface area contributed by atoms with Gasteiger partial charge in [-0.1, -0.05) is 0 Å². The normalized spacial score (nSPS) is 12.2. The van der Waals surface area contributed by atoms with Crippen LogP contribution >= 0.6 is 15.9 Å². The maximum absolute atomic E-state index is 13.3. The number of hydrogen-bond acceptors (Lipinski definition) is 8. The third-order valence-electron chi connectivity index (χ3n) is 2.94. The Morgan fingerprint density at radius 2 is 2.20 bits per heavy atom. The van der Waals surface area contributed by atoms with Crippen molar-refractivity contribution >= 4 is 43.3 Å². The number of sulfonamides is 1. The van der Waals surface area contributed by atoms with Crippen LogP contribution in [0, 0.1) is 5.82 Å². The summed E-state index contributed by atoms with van der Waals surface area (Å²) in [7, 11) is -2.09. The van der Waals surface area contributed by atoms with Gasteiger partial charge in [0.05, 0.1) is 15.9 Å².